The number of Topliss-reactive ketones (excluding diaryl/α,β-unsaturated/α-hetero) is 1. The number of hydrogen-bond acceptors (Lipinski definition) is 6. The van der Waals surface area contributed by atoms with Gasteiger partial charge in [-0.3, -0.25) is 14.4 Å². The molecule has 0 aliphatic carbocycles. The Labute approximate surface area is 176 Å². The molecular formula is C23H27NO6. The number of ketones is 1. The van der Waals surface area contributed by atoms with Gasteiger partial charge in [-0.1, -0.05) is 13.3 Å². The highest BCUT2D eigenvalue weighted by Crippen LogP contribution is 2.21. The van der Waals surface area contributed by atoms with Crippen LogP contribution in [-0.4, -0.2) is 37.9 Å². The summed E-state index contributed by atoms with van der Waals surface area (Å²) >= 11 is 0. The van der Waals surface area contributed by atoms with Gasteiger partial charge in [0.05, 0.1) is 13.7 Å². The van der Waals surface area contributed by atoms with Gasteiger partial charge < -0.3 is 19.5 Å². The van der Waals surface area contributed by atoms with Gasteiger partial charge >= 0.3 is 5.97 Å². The molecule has 0 aliphatic rings. The van der Waals surface area contributed by atoms with Crippen molar-refractivity contribution in [1.29, 1.82) is 0 Å². The first kappa shape index (κ1) is 22.9. The van der Waals surface area contributed by atoms with Gasteiger partial charge in [-0.25, -0.2) is 0 Å². The van der Waals surface area contributed by atoms with E-state index < -0.39 is 5.97 Å². The lowest BCUT2D eigenvalue weighted by Gasteiger charge is -2.11. The lowest BCUT2D eigenvalue weighted by atomic mass is 10.1. The molecule has 7 nitrogen and oxygen atoms in total. The summed E-state index contributed by atoms with van der Waals surface area (Å²) in [5, 5.41) is 2.53. The van der Waals surface area contributed by atoms with E-state index in [-0.39, 0.29) is 24.8 Å². The molecule has 1 N–H and O–H groups in total. The summed E-state index contributed by atoms with van der Waals surface area (Å²) in [5.41, 5.74) is 1.49. The number of unbranched alkanes of at least 4 members (excludes halogenated alkanes) is 1. The summed E-state index contributed by atoms with van der Waals surface area (Å²) in [5.74, 6) is 0.125. The maximum absolute atomic E-state index is 12.2. The fourth-order valence-electron chi connectivity index (χ4n) is 2.61. The van der Waals surface area contributed by atoms with Crippen LogP contribution in [0.25, 0.3) is 0 Å². The van der Waals surface area contributed by atoms with Crippen molar-refractivity contribution < 1.29 is 28.6 Å². The lowest BCUT2D eigenvalue weighted by Crippen LogP contribution is -2.30. The van der Waals surface area contributed by atoms with Crippen LogP contribution < -0.4 is 14.8 Å². The maximum Gasteiger partial charge on any atom is 0.325 e. The summed E-state index contributed by atoms with van der Waals surface area (Å²) in [6.45, 7) is 3.83. The smallest absolute Gasteiger partial charge is 0.325 e. The first-order valence-electron chi connectivity index (χ1n) is 9.79. The number of benzene rings is 2. The SMILES string of the molecule is CCCCOc1ccc(C(=O)NCC(=O)OCc2cc(C(C)=O)ccc2OC)cc1. The van der Waals surface area contributed by atoms with E-state index in [1.54, 1.807) is 42.5 Å². The minimum Gasteiger partial charge on any atom is -0.496 e. The quantitative estimate of drug-likeness (QED) is 0.344. The first-order valence-corrected chi connectivity index (χ1v) is 9.79. The van der Waals surface area contributed by atoms with Crippen molar-refractivity contribution in [3.8, 4) is 11.5 Å². The molecule has 30 heavy (non-hydrogen) atoms. The second-order valence-corrected chi connectivity index (χ2v) is 6.65. The van der Waals surface area contributed by atoms with Gasteiger partial charge in [0.1, 0.15) is 24.7 Å². The van der Waals surface area contributed by atoms with E-state index in [0.29, 0.717) is 34.8 Å². The molecule has 2 rings (SSSR count). The van der Waals surface area contributed by atoms with E-state index in [2.05, 4.69) is 12.2 Å². The van der Waals surface area contributed by atoms with Crippen molar-refractivity contribution in [2.75, 3.05) is 20.3 Å². The normalized spacial score (nSPS) is 10.2. The zero-order valence-electron chi connectivity index (χ0n) is 17.5. The van der Waals surface area contributed by atoms with Crippen LogP contribution in [0.2, 0.25) is 0 Å². The van der Waals surface area contributed by atoms with E-state index in [1.165, 1.54) is 14.0 Å². The van der Waals surface area contributed by atoms with Crippen LogP contribution in [0.15, 0.2) is 42.5 Å². The van der Waals surface area contributed by atoms with Crippen molar-refractivity contribution in [3.05, 3.63) is 59.2 Å². The topological polar surface area (TPSA) is 90.9 Å². The summed E-state index contributed by atoms with van der Waals surface area (Å²) < 4.78 is 16.0. The maximum atomic E-state index is 12.2. The molecule has 0 aromatic heterocycles. The zero-order chi connectivity index (χ0) is 21.9. The zero-order valence-corrected chi connectivity index (χ0v) is 17.5. The molecule has 0 radical (unpaired) electrons. The standard InChI is InChI=1S/C23H27NO6/c1-4-5-12-29-20-9-6-17(7-10-20)23(27)24-14-22(26)30-15-19-13-18(16(2)25)8-11-21(19)28-3/h6-11,13H,4-5,12,14-15H2,1-3H3,(H,24,27). The Morgan fingerprint density at radius 3 is 2.33 bits per heavy atom. The average molecular weight is 413 g/mol. The number of nitrogens with one attached hydrogen (secondary N) is 1. The highest BCUT2D eigenvalue weighted by atomic mass is 16.5. The van der Waals surface area contributed by atoms with E-state index in [9.17, 15) is 14.4 Å². The minimum absolute atomic E-state index is 0.0667. The van der Waals surface area contributed by atoms with Gasteiger partial charge in [0.2, 0.25) is 0 Å². The highest BCUT2D eigenvalue weighted by molar-refractivity contribution is 5.96. The average Bonchev–Trinajstić information content (AvgIpc) is 2.76. The van der Waals surface area contributed by atoms with E-state index in [4.69, 9.17) is 14.2 Å². The molecule has 160 valence electrons. The van der Waals surface area contributed by atoms with Crippen LogP contribution in [-0.2, 0) is 16.1 Å². The van der Waals surface area contributed by atoms with Gasteiger partial charge in [0, 0.05) is 16.7 Å². The number of methoxy groups -OCH3 is 1. The third-order valence-electron chi connectivity index (χ3n) is 4.35. The molecular weight excluding hydrogens is 386 g/mol. The van der Waals surface area contributed by atoms with Crippen molar-refractivity contribution in [1.82, 2.24) is 5.32 Å². The van der Waals surface area contributed by atoms with Crippen molar-refractivity contribution in [3.63, 3.8) is 0 Å². The first-order chi connectivity index (χ1) is 14.4. The lowest BCUT2D eigenvalue weighted by molar-refractivity contribution is -0.143. The summed E-state index contributed by atoms with van der Waals surface area (Å²) in [6.07, 6.45) is 2.01. The number of hydrogen-bond donors (Lipinski definition) is 1. The second-order valence-electron chi connectivity index (χ2n) is 6.65. The summed E-state index contributed by atoms with van der Waals surface area (Å²) in [4.78, 5) is 35.7. The number of carbonyl (C=O) groups is 3. The van der Waals surface area contributed by atoms with Gasteiger partial charge in [0.15, 0.2) is 5.78 Å². The molecule has 0 heterocycles. The monoisotopic (exact) mass is 413 g/mol. The Bertz CT molecular complexity index is 876. The molecule has 0 bridgehead atoms. The number of ether oxygens (including phenoxy) is 3. The minimum atomic E-state index is -0.599. The predicted octanol–water partition coefficient (Wildman–Crippen LogP) is 3.55. The van der Waals surface area contributed by atoms with Gasteiger partial charge in [-0.2, -0.15) is 0 Å². The van der Waals surface area contributed by atoms with Crippen molar-refractivity contribution >= 4 is 17.7 Å². The van der Waals surface area contributed by atoms with Crippen LogP contribution in [0.4, 0.5) is 0 Å². The highest BCUT2D eigenvalue weighted by Gasteiger charge is 2.12. The molecule has 0 saturated carbocycles. The molecule has 0 aliphatic heterocycles. The predicted molar refractivity (Wildman–Crippen MR) is 112 cm³/mol. The number of carbonyl (C=O) groups excluding carboxylic acids is 3. The van der Waals surface area contributed by atoms with Gasteiger partial charge in [-0.05, 0) is 55.8 Å². The van der Waals surface area contributed by atoms with E-state index in [0.717, 1.165) is 12.8 Å². The molecule has 0 atom stereocenters. The largest absolute Gasteiger partial charge is 0.496 e. The van der Waals surface area contributed by atoms with Crippen LogP contribution in [0.3, 0.4) is 0 Å². The number of esters is 1. The van der Waals surface area contributed by atoms with Crippen molar-refractivity contribution in [2.24, 2.45) is 0 Å². The van der Waals surface area contributed by atoms with E-state index in [1.807, 2.05) is 0 Å². The van der Waals surface area contributed by atoms with E-state index >= 15 is 0 Å². The Morgan fingerprint density at radius 2 is 1.70 bits per heavy atom. The second kappa shape index (κ2) is 11.6. The summed E-state index contributed by atoms with van der Waals surface area (Å²) in [6, 6.07) is 11.6. The van der Waals surface area contributed by atoms with Crippen LogP contribution in [0.1, 0.15) is 53.0 Å². The Hall–Kier alpha value is -3.35. The Kier molecular flexibility index (Phi) is 8.87. The molecule has 0 unspecified atom stereocenters. The Morgan fingerprint density at radius 1 is 1.00 bits per heavy atom. The molecule has 0 fully saturated rings. The molecule has 0 spiro atoms. The van der Waals surface area contributed by atoms with Crippen LogP contribution >= 0.6 is 0 Å². The third kappa shape index (κ3) is 6.92. The Balaban J connectivity index is 1.84. The van der Waals surface area contributed by atoms with Crippen molar-refractivity contribution in [2.45, 2.75) is 33.3 Å². The van der Waals surface area contributed by atoms with Gasteiger partial charge in [-0.15, -0.1) is 0 Å². The number of rotatable bonds is 11. The summed E-state index contributed by atoms with van der Waals surface area (Å²) in [7, 11) is 1.49. The van der Waals surface area contributed by atoms with Gasteiger partial charge in [0.25, 0.3) is 5.91 Å². The van der Waals surface area contributed by atoms with Crippen LogP contribution in [0, 0.1) is 0 Å². The molecule has 0 saturated heterocycles. The fraction of sp³-hybridized carbons (Fsp3) is 0.348. The molecule has 1 amide bonds. The van der Waals surface area contributed by atoms with Crippen LogP contribution in [0.5, 0.6) is 11.5 Å². The number of amides is 1. The molecule has 2 aromatic rings. The third-order valence-corrected chi connectivity index (χ3v) is 4.35. The fourth-order valence-corrected chi connectivity index (χ4v) is 2.61. The molecule has 7 heteroatoms. The molecule has 2 aromatic carbocycles.